The van der Waals surface area contributed by atoms with Gasteiger partial charge in [-0.05, 0) is 12.1 Å². The van der Waals surface area contributed by atoms with E-state index < -0.39 is 11.1 Å². The van der Waals surface area contributed by atoms with Crippen molar-refractivity contribution in [1.29, 1.82) is 0 Å². The van der Waals surface area contributed by atoms with Crippen LogP contribution in [0, 0.1) is 0 Å². The van der Waals surface area contributed by atoms with Crippen molar-refractivity contribution >= 4 is 38.3 Å². The van der Waals surface area contributed by atoms with E-state index in [0.29, 0.717) is 5.69 Å². The Labute approximate surface area is 103 Å². The van der Waals surface area contributed by atoms with E-state index in [1.54, 1.807) is 12.1 Å². The van der Waals surface area contributed by atoms with Crippen LogP contribution in [0.4, 0.5) is 5.69 Å². The summed E-state index contributed by atoms with van der Waals surface area (Å²) in [5.74, 6) is -0.294. The van der Waals surface area contributed by atoms with E-state index in [4.69, 9.17) is 0 Å². The van der Waals surface area contributed by atoms with E-state index in [2.05, 4.69) is 31.4 Å². The van der Waals surface area contributed by atoms with Crippen LogP contribution in [-0.2, 0) is 4.79 Å². The van der Waals surface area contributed by atoms with Crippen LogP contribution in [0.5, 0.6) is 0 Å². The second-order valence-electron chi connectivity index (χ2n) is 3.32. The SMILES string of the molecule is O=C(CBr)Nc1cccc2c(=O)[nH][nH]c(=O)c12. The molecule has 0 aliphatic rings. The van der Waals surface area contributed by atoms with Crippen LogP contribution in [0.15, 0.2) is 27.8 Å². The van der Waals surface area contributed by atoms with Gasteiger partial charge in [0, 0.05) is 0 Å². The molecule has 17 heavy (non-hydrogen) atoms. The first-order valence-electron chi connectivity index (χ1n) is 4.73. The summed E-state index contributed by atoms with van der Waals surface area (Å²) in [5.41, 5.74) is -0.543. The van der Waals surface area contributed by atoms with E-state index in [0.717, 1.165) is 0 Å². The fourth-order valence-corrected chi connectivity index (χ4v) is 1.66. The Hall–Kier alpha value is -1.89. The number of halogens is 1. The lowest BCUT2D eigenvalue weighted by molar-refractivity contribution is -0.113. The van der Waals surface area contributed by atoms with E-state index in [-0.39, 0.29) is 22.0 Å². The van der Waals surface area contributed by atoms with E-state index >= 15 is 0 Å². The van der Waals surface area contributed by atoms with Crippen molar-refractivity contribution < 1.29 is 4.79 Å². The fourth-order valence-electron chi connectivity index (χ4n) is 1.52. The zero-order valence-electron chi connectivity index (χ0n) is 8.54. The average molecular weight is 298 g/mol. The number of H-pyrrole nitrogens is 2. The maximum atomic E-state index is 11.6. The molecule has 0 atom stereocenters. The van der Waals surface area contributed by atoms with Crippen LogP contribution in [0.1, 0.15) is 0 Å². The first-order chi connectivity index (χ1) is 8.13. The Balaban J connectivity index is 2.73. The topological polar surface area (TPSA) is 94.8 Å². The van der Waals surface area contributed by atoms with Gasteiger partial charge in [-0.2, -0.15) is 0 Å². The molecule has 0 saturated heterocycles. The molecule has 1 aromatic heterocycles. The number of aromatic amines is 2. The molecule has 0 spiro atoms. The second kappa shape index (κ2) is 4.54. The molecule has 6 nitrogen and oxygen atoms in total. The number of rotatable bonds is 2. The Morgan fingerprint density at radius 2 is 1.94 bits per heavy atom. The number of nitrogens with one attached hydrogen (secondary N) is 3. The summed E-state index contributed by atoms with van der Waals surface area (Å²) in [6.45, 7) is 0. The van der Waals surface area contributed by atoms with Crippen molar-refractivity contribution in [2.24, 2.45) is 0 Å². The number of aromatic nitrogens is 2. The van der Waals surface area contributed by atoms with Gasteiger partial charge in [0.2, 0.25) is 5.91 Å². The molecule has 0 fully saturated rings. The number of alkyl halides is 1. The molecule has 1 aromatic carbocycles. The number of carbonyl (C=O) groups excluding carboxylic acids is 1. The minimum atomic E-state index is -0.454. The van der Waals surface area contributed by atoms with Gasteiger partial charge in [-0.25, -0.2) is 0 Å². The Morgan fingerprint density at radius 3 is 2.65 bits per heavy atom. The summed E-state index contributed by atoms with van der Waals surface area (Å²) in [5, 5.41) is 7.51. The Kier molecular flexibility index (Phi) is 3.10. The summed E-state index contributed by atoms with van der Waals surface area (Å²) in [4.78, 5) is 34.4. The van der Waals surface area contributed by atoms with Crippen LogP contribution in [0.25, 0.3) is 10.8 Å². The van der Waals surface area contributed by atoms with Crippen molar-refractivity contribution in [1.82, 2.24) is 10.2 Å². The number of carbonyl (C=O) groups is 1. The number of hydrogen-bond donors (Lipinski definition) is 3. The monoisotopic (exact) mass is 297 g/mol. The van der Waals surface area contributed by atoms with Crippen molar-refractivity contribution in [2.75, 3.05) is 10.6 Å². The van der Waals surface area contributed by atoms with Crippen LogP contribution < -0.4 is 16.4 Å². The molecule has 3 N–H and O–H groups in total. The highest BCUT2D eigenvalue weighted by Gasteiger charge is 2.09. The van der Waals surface area contributed by atoms with Gasteiger partial charge < -0.3 is 5.32 Å². The third-order valence-electron chi connectivity index (χ3n) is 2.22. The summed E-state index contributed by atoms with van der Waals surface area (Å²) in [7, 11) is 0. The molecule has 7 heteroatoms. The summed E-state index contributed by atoms with van der Waals surface area (Å²) >= 11 is 3.00. The van der Waals surface area contributed by atoms with Gasteiger partial charge in [0.05, 0.1) is 21.8 Å². The van der Waals surface area contributed by atoms with Crippen molar-refractivity contribution in [3.8, 4) is 0 Å². The molecule has 1 heterocycles. The van der Waals surface area contributed by atoms with E-state index in [1.807, 2.05) is 0 Å². The van der Waals surface area contributed by atoms with E-state index in [1.165, 1.54) is 6.07 Å². The summed E-state index contributed by atoms with van der Waals surface area (Å²) in [6.07, 6.45) is 0. The van der Waals surface area contributed by atoms with Gasteiger partial charge in [-0.1, -0.05) is 22.0 Å². The predicted octanol–water partition coefficient (Wildman–Crippen LogP) is 0.550. The van der Waals surface area contributed by atoms with E-state index in [9.17, 15) is 14.4 Å². The van der Waals surface area contributed by atoms with Gasteiger partial charge in [0.25, 0.3) is 11.1 Å². The van der Waals surface area contributed by atoms with Gasteiger partial charge >= 0.3 is 0 Å². The number of fused-ring (bicyclic) bond motifs is 1. The predicted molar refractivity (Wildman–Crippen MR) is 67.6 cm³/mol. The quantitative estimate of drug-likeness (QED) is 0.707. The molecule has 0 unspecified atom stereocenters. The standard InChI is InChI=1S/C10H8BrN3O3/c11-4-7(15)12-6-3-1-2-5-8(6)10(17)14-13-9(5)16/h1-3H,4H2,(H,12,15)(H,13,16)(H,14,17). The molecule has 0 aliphatic heterocycles. The Morgan fingerprint density at radius 1 is 1.24 bits per heavy atom. The molecule has 1 amide bonds. The lowest BCUT2D eigenvalue weighted by atomic mass is 10.1. The van der Waals surface area contributed by atoms with Crippen molar-refractivity contribution in [2.45, 2.75) is 0 Å². The van der Waals surface area contributed by atoms with Crippen LogP contribution in [0.3, 0.4) is 0 Å². The van der Waals surface area contributed by atoms with Gasteiger partial charge in [-0.15, -0.1) is 0 Å². The molecular weight excluding hydrogens is 290 g/mol. The van der Waals surface area contributed by atoms with Crippen molar-refractivity contribution in [3.05, 3.63) is 38.9 Å². The normalized spacial score (nSPS) is 10.4. The molecule has 88 valence electrons. The third kappa shape index (κ3) is 2.14. The number of benzene rings is 1. The lowest BCUT2D eigenvalue weighted by Gasteiger charge is -2.05. The van der Waals surface area contributed by atoms with Gasteiger partial charge in [0.1, 0.15) is 0 Å². The highest BCUT2D eigenvalue weighted by atomic mass is 79.9. The van der Waals surface area contributed by atoms with Crippen molar-refractivity contribution in [3.63, 3.8) is 0 Å². The zero-order chi connectivity index (χ0) is 12.4. The molecule has 2 aromatic rings. The zero-order valence-corrected chi connectivity index (χ0v) is 10.1. The molecule has 0 saturated carbocycles. The number of hydrogen-bond acceptors (Lipinski definition) is 3. The summed E-state index contributed by atoms with van der Waals surface area (Å²) in [6, 6.07) is 4.69. The molecule has 0 bridgehead atoms. The number of anilines is 1. The minimum Gasteiger partial charge on any atom is -0.325 e. The Bertz CT molecular complexity index is 689. The fraction of sp³-hybridized carbons (Fsp3) is 0.100. The average Bonchev–Trinajstić information content (AvgIpc) is 2.34. The van der Waals surface area contributed by atoms with Gasteiger partial charge in [-0.3, -0.25) is 24.6 Å². The van der Waals surface area contributed by atoms with Crippen LogP contribution >= 0.6 is 15.9 Å². The van der Waals surface area contributed by atoms with Crippen LogP contribution in [-0.4, -0.2) is 21.4 Å². The second-order valence-corrected chi connectivity index (χ2v) is 3.88. The third-order valence-corrected chi connectivity index (χ3v) is 2.73. The lowest BCUT2D eigenvalue weighted by Crippen LogP contribution is -2.21. The first-order valence-corrected chi connectivity index (χ1v) is 5.85. The summed E-state index contributed by atoms with van der Waals surface area (Å²) < 4.78 is 0. The smallest absolute Gasteiger partial charge is 0.272 e. The maximum absolute atomic E-state index is 11.6. The molecule has 0 aliphatic carbocycles. The molecule has 2 rings (SSSR count). The first kappa shape index (κ1) is 11.6. The highest BCUT2D eigenvalue weighted by Crippen LogP contribution is 2.16. The van der Waals surface area contributed by atoms with Gasteiger partial charge in [0.15, 0.2) is 0 Å². The van der Waals surface area contributed by atoms with Crippen LogP contribution in [0.2, 0.25) is 0 Å². The molecular formula is C10H8BrN3O3. The highest BCUT2D eigenvalue weighted by molar-refractivity contribution is 9.09. The number of amides is 1. The minimum absolute atomic E-state index is 0.116. The maximum Gasteiger partial charge on any atom is 0.272 e. The molecule has 0 radical (unpaired) electrons. The largest absolute Gasteiger partial charge is 0.325 e.